The minimum Gasteiger partial charge on any atom is -0.256 e. The van der Waals surface area contributed by atoms with Crippen molar-refractivity contribution >= 4 is 0 Å². The molecule has 0 N–H and O–H groups in total. The molecule has 7 aromatic rings. The second-order valence-corrected chi connectivity index (χ2v) is 9.99. The maximum Gasteiger partial charge on any atom is 0.164 e. The maximum atomic E-state index is 5.00. The number of pyridine rings is 1. The lowest BCUT2D eigenvalue weighted by Crippen LogP contribution is -2.00. The number of nitrogens with zero attached hydrogens (tertiary/aromatic N) is 4. The summed E-state index contributed by atoms with van der Waals surface area (Å²) in [6.45, 7) is 0. The Labute approximate surface area is 245 Å². The zero-order valence-corrected chi connectivity index (χ0v) is 22.8. The predicted molar refractivity (Wildman–Crippen MR) is 170 cm³/mol. The van der Waals surface area contributed by atoms with E-state index in [0.29, 0.717) is 17.5 Å². The molecule has 0 aliphatic heterocycles. The van der Waals surface area contributed by atoms with E-state index >= 15 is 0 Å². The van der Waals surface area contributed by atoms with E-state index in [0.717, 1.165) is 50.2 Å². The Morgan fingerprint density at radius 1 is 0.286 bits per heavy atom. The molecule has 0 spiro atoms. The summed E-state index contributed by atoms with van der Waals surface area (Å²) in [5.41, 5.74) is 9.28. The summed E-state index contributed by atoms with van der Waals surface area (Å²) in [4.78, 5) is 19.4. The first-order valence-electron chi connectivity index (χ1n) is 13.9. The van der Waals surface area contributed by atoms with Gasteiger partial charge in [-0.2, -0.15) is 0 Å². The van der Waals surface area contributed by atoms with Crippen LogP contribution in [0, 0.1) is 0 Å². The van der Waals surface area contributed by atoms with Crippen molar-refractivity contribution < 1.29 is 0 Å². The summed E-state index contributed by atoms with van der Waals surface area (Å²) in [5, 5.41) is 0. The molecular weight excluding hydrogens is 512 g/mol. The summed E-state index contributed by atoms with van der Waals surface area (Å²) >= 11 is 0. The van der Waals surface area contributed by atoms with E-state index in [1.165, 1.54) is 0 Å². The fraction of sp³-hybridized carbons (Fsp3) is 0. The van der Waals surface area contributed by atoms with Gasteiger partial charge in [-0.3, -0.25) is 4.98 Å². The average molecular weight is 539 g/mol. The van der Waals surface area contributed by atoms with Gasteiger partial charge in [0.05, 0.1) is 5.69 Å². The van der Waals surface area contributed by atoms with Crippen molar-refractivity contribution in [1.29, 1.82) is 0 Å². The molecule has 0 atom stereocenters. The third-order valence-corrected chi connectivity index (χ3v) is 7.19. The van der Waals surface area contributed by atoms with Gasteiger partial charge in [0, 0.05) is 28.5 Å². The van der Waals surface area contributed by atoms with E-state index in [2.05, 4.69) is 114 Å². The highest BCUT2D eigenvalue weighted by molar-refractivity contribution is 5.75. The van der Waals surface area contributed by atoms with Crippen molar-refractivity contribution in [2.75, 3.05) is 0 Å². The molecular formula is C38H26N4. The first-order chi connectivity index (χ1) is 20.8. The predicted octanol–water partition coefficient (Wildman–Crippen LogP) is 9.27. The molecule has 0 aliphatic rings. The van der Waals surface area contributed by atoms with Crippen LogP contribution in [0.3, 0.4) is 0 Å². The van der Waals surface area contributed by atoms with Crippen LogP contribution >= 0.6 is 0 Å². The lowest BCUT2D eigenvalue weighted by Gasteiger charge is -2.11. The first kappa shape index (κ1) is 25.2. The smallest absolute Gasteiger partial charge is 0.164 e. The Kier molecular flexibility index (Phi) is 6.85. The summed E-state index contributed by atoms with van der Waals surface area (Å²) in [6.07, 6.45) is 1.81. The molecule has 0 bridgehead atoms. The van der Waals surface area contributed by atoms with E-state index in [1.54, 1.807) is 6.20 Å². The molecule has 2 aromatic heterocycles. The molecule has 42 heavy (non-hydrogen) atoms. The molecule has 0 saturated heterocycles. The number of aromatic nitrogens is 4. The van der Waals surface area contributed by atoms with Gasteiger partial charge in [-0.05, 0) is 46.5 Å². The Balaban J connectivity index is 1.35. The van der Waals surface area contributed by atoms with E-state index in [1.807, 2.05) is 42.5 Å². The highest BCUT2D eigenvalue weighted by atomic mass is 15.0. The van der Waals surface area contributed by atoms with E-state index in [4.69, 9.17) is 15.0 Å². The highest BCUT2D eigenvalue weighted by Gasteiger charge is 2.14. The first-order valence-corrected chi connectivity index (χ1v) is 13.9. The topological polar surface area (TPSA) is 51.6 Å². The minimum absolute atomic E-state index is 0.623. The van der Waals surface area contributed by atoms with Crippen molar-refractivity contribution in [2.45, 2.75) is 0 Å². The van der Waals surface area contributed by atoms with Gasteiger partial charge in [-0.15, -0.1) is 0 Å². The van der Waals surface area contributed by atoms with Crippen LogP contribution < -0.4 is 0 Å². The van der Waals surface area contributed by atoms with Crippen LogP contribution in [0.15, 0.2) is 158 Å². The fourth-order valence-electron chi connectivity index (χ4n) is 5.02. The van der Waals surface area contributed by atoms with Gasteiger partial charge in [-0.1, -0.05) is 127 Å². The van der Waals surface area contributed by atoms with Crippen molar-refractivity contribution in [3.8, 4) is 67.7 Å². The Bertz CT molecular complexity index is 1850. The number of hydrogen-bond donors (Lipinski definition) is 0. The average Bonchev–Trinajstić information content (AvgIpc) is 3.09. The summed E-state index contributed by atoms with van der Waals surface area (Å²) in [5.74, 6) is 1.89. The maximum absolute atomic E-state index is 5.00. The third kappa shape index (κ3) is 5.34. The lowest BCUT2D eigenvalue weighted by molar-refractivity contribution is 1.07. The molecule has 5 aromatic carbocycles. The standard InChI is InChI=1S/C38H26N4/c1-3-11-27(12-4-1)31-15-9-17-33(25-31)37-40-36(30-22-20-29(21-23-30)35-19-7-8-24-39-35)41-38(42-37)34-18-10-16-32(26-34)28-13-5-2-6-14-28/h1-26H. The molecule has 0 unspecified atom stereocenters. The van der Waals surface area contributed by atoms with E-state index < -0.39 is 0 Å². The second kappa shape index (κ2) is 11.4. The van der Waals surface area contributed by atoms with Gasteiger partial charge < -0.3 is 0 Å². The number of benzene rings is 5. The molecule has 0 radical (unpaired) electrons. The number of rotatable bonds is 6. The Hall–Kier alpha value is -5.74. The normalized spacial score (nSPS) is 10.9. The van der Waals surface area contributed by atoms with Crippen LogP contribution in [0.4, 0.5) is 0 Å². The molecule has 198 valence electrons. The molecule has 4 nitrogen and oxygen atoms in total. The highest BCUT2D eigenvalue weighted by Crippen LogP contribution is 2.30. The molecule has 2 heterocycles. The summed E-state index contributed by atoms with van der Waals surface area (Å²) in [6, 6.07) is 51.6. The Morgan fingerprint density at radius 3 is 1.21 bits per heavy atom. The van der Waals surface area contributed by atoms with Crippen LogP contribution in [0.5, 0.6) is 0 Å². The van der Waals surface area contributed by atoms with Gasteiger partial charge in [-0.25, -0.2) is 15.0 Å². The lowest BCUT2D eigenvalue weighted by atomic mass is 10.0. The zero-order chi connectivity index (χ0) is 28.1. The summed E-state index contributed by atoms with van der Waals surface area (Å²) < 4.78 is 0. The molecule has 0 saturated carbocycles. The zero-order valence-electron chi connectivity index (χ0n) is 22.8. The van der Waals surface area contributed by atoms with Crippen molar-refractivity contribution in [3.05, 3.63) is 158 Å². The minimum atomic E-state index is 0.623. The molecule has 0 aliphatic carbocycles. The monoisotopic (exact) mass is 538 g/mol. The van der Waals surface area contributed by atoms with Crippen LogP contribution in [-0.2, 0) is 0 Å². The van der Waals surface area contributed by atoms with E-state index in [-0.39, 0.29) is 0 Å². The van der Waals surface area contributed by atoms with Gasteiger partial charge in [0.2, 0.25) is 0 Å². The van der Waals surface area contributed by atoms with Crippen molar-refractivity contribution in [2.24, 2.45) is 0 Å². The quantitative estimate of drug-likeness (QED) is 0.212. The third-order valence-electron chi connectivity index (χ3n) is 7.19. The number of hydrogen-bond acceptors (Lipinski definition) is 4. The van der Waals surface area contributed by atoms with Crippen molar-refractivity contribution in [3.63, 3.8) is 0 Å². The SMILES string of the molecule is c1ccc(-c2cccc(-c3nc(-c4ccc(-c5ccccn5)cc4)nc(-c4cccc(-c5ccccc5)c4)n3)c2)cc1. The largest absolute Gasteiger partial charge is 0.256 e. The van der Waals surface area contributed by atoms with Crippen LogP contribution in [0.2, 0.25) is 0 Å². The van der Waals surface area contributed by atoms with Gasteiger partial charge in [0.25, 0.3) is 0 Å². The molecule has 4 heteroatoms. The van der Waals surface area contributed by atoms with Crippen LogP contribution in [-0.4, -0.2) is 19.9 Å². The molecule has 0 fully saturated rings. The van der Waals surface area contributed by atoms with Gasteiger partial charge in [0.15, 0.2) is 17.5 Å². The van der Waals surface area contributed by atoms with Crippen molar-refractivity contribution in [1.82, 2.24) is 19.9 Å². The Morgan fingerprint density at radius 2 is 0.714 bits per heavy atom. The van der Waals surface area contributed by atoms with Crippen LogP contribution in [0.25, 0.3) is 67.7 Å². The van der Waals surface area contributed by atoms with Gasteiger partial charge >= 0.3 is 0 Å². The second-order valence-electron chi connectivity index (χ2n) is 9.99. The van der Waals surface area contributed by atoms with Crippen LogP contribution in [0.1, 0.15) is 0 Å². The fourth-order valence-corrected chi connectivity index (χ4v) is 5.02. The van der Waals surface area contributed by atoms with E-state index in [9.17, 15) is 0 Å². The molecule has 7 rings (SSSR count). The summed E-state index contributed by atoms with van der Waals surface area (Å²) in [7, 11) is 0. The molecule has 0 amide bonds. The van der Waals surface area contributed by atoms with Gasteiger partial charge in [0.1, 0.15) is 0 Å².